The average molecular weight is 391 g/mol. The van der Waals surface area contributed by atoms with Crippen LogP contribution in [0.4, 0.5) is 4.79 Å². The van der Waals surface area contributed by atoms with Crippen LogP contribution in [0.1, 0.15) is 24.8 Å². The smallest absolute Gasteiger partial charge is 0.408 e. The molecule has 0 saturated carbocycles. The maximum absolute atomic E-state index is 11.9. The van der Waals surface area contributed by atoms with E-state index in [1.807, 2.05) is 30.3 Å². The van der Waals surface area contributed by atoms with Crippen molar-refractivity contribution in [3.8, 4) is 0 Å². The molecule has 1 aliphatic heterocycles. The van der Waals surface area contributed by atoms with Crippen molar-refractivity contribution in [1.82, 2.24) is 5.32 Å². The molecule has 0 radical (unpaired) electrons. The Kier molecular flexibility index (Phi) is 9.17. The summed E-state index contributed by atoms with van der Waals surface area (Å²) in [7, 11) is 1.22. The molecule has 2 rings (SSSR count). The SMILES string of the molecule is COC(=O)C(C/C=C/C(=O)CCC1OCCO1)NC(=O)OCc1ccccc1. The Balaban J connectivity index is 1.75. The van der Waals surface area contributed by atoms with Crippen LogP contribution in [0.15, 0.2) is 42.5 Å². The van der Waals surface area contributed by atoms with E-state index in [0.717, 1.165) is 5.56 Å². The first-order valence-electron chi connectivity index (χ1n) is 9.06. The van der Waals surface area contributed by atoms with Crippen molar-refractivity contribution < 1.29 is 33.3 Å². The first-order chi connectivity index (χ1) is 13.6. The van der Waals surface area contributed by atoms with Crippen LogP contribution in [0, 0.1) is 0 Å². The second-order valence-corrected chi connectivity index (χ2v) is 6.10. The largest absolute Gasteiger partial charge is 0.467 e. The molecule has 1 fully saturated rings. The van der Waals surface area contributed by atoms with Gasteiger partial charge in [-0.05, 0) is 18.1 Å². The van der Waals surface area contributed by atoms with Crippen molar-refractivity contribution in [3.05, 3.63) is 48.0 Å². The van der Waals surface area contributed by atoms with Gasteiger partial charge in [0.25, 0.3) is 0 Å². The third kappa shape index (κ3) is 7.89. The van der Waals surface area contributed by atoms with Gasteiger partial charge in [0.15, 0.2) is 12.1 Å². The second-order valence-electron chi connectivity index (χ2n) is 6.10. The number of ether oxygens (including phenoxy) is 4. The Hall–Kier alpha value is -2.71. The molecule has 8 nitrogen and oxygen atoms in total. The molecule has 1 saturated heterocycles. The van der Waals surface area contributed by atoms with Gasteiger partial charge >= 0.3 is 12.1 Å². The van der Waals surface area contributed by atoms with E-state index in [2.05, 4.69) is 10.1 Å². The van der Waals surface area contributed by atoms with Crippen LogP contribution in [0.25, 0.3) is 0 Å². The zero-order valence-electron chi connectivity index (χ0n) is 15.8. The van der Waals surface area contributed by atoms with Gasteiger partial charge in [-0.15, -0.1) is 0 Å². The molecule has 0 spiro atoms. The van der Waals surface area contributed by atoms with Gasteiger partial charge < -0.3 is 24.3 Å². The highest BCUT2D eigenvalue weighted by Crippen LogP contribution is 2.10. The lowest BCUT2D eigenvalue weighted by molar-refractivity contribution is -0.142. The molecule has 28 heavy (non-hydrogen) atoms. The molecule has 152 valence electrons. The van der Waals surface area contributed by atoms with Crippen LogP contribution < -0.4 is 5.32 Å². The quantitative estimate of drug-likeness (QED) is 0.482. The van der Waals surface area contributed by atoms with Crippen molar-refractivity contribution in [1.29, 1.82) is 0 Å². The molecule has 1 heterocycles. The molecule has 1 unspecified atom stereocenters. The number of carbonyl (C=O) groups is 3. The summed E-state index contributed by atoms with van der Waals surface area (Å²) in [5.41, 5.74) is 0.827. The van der Waals surface area contributed by atoms with Gasteiger partial charge in [0, 0.05) is 12.8 Å². The molecule has 1 amide bonds. The number of carbonyl (C=O) groups excluding carboxylic acids is 3. The third-order valence-electron chi connectivity index (χ3n) is 3.98. The van der Waals surface area contributed by atoms with Gasteiger partial charge in [-0.1, -0.05) is 36.4 Å². The molecule has 1 aliphatic rings. The lowest BCUT2D eigenvalue weighted by atomic mass is 10.1. The monoisotopic (exact) mass is 391 g/mol. The molecule has 0 aliphatic carbocycles. The molecule has 0 aromatic heterocycles. The Morgan fingerprint density at radius 1 is 1.21 bits per heavy atom. The molecule has 1 aromatic carbocycles. The molecular formula is C20H25NO7. The van der Waals surface area contributed by atoms with E-state index >= 15 is 0 Å². The first kappa shape index (κ1) is 21.6. The third-order valence-corrected chi connectivity index (χ3v) is 3.98. The van der Waals surface area contributed by atoms with Gasteiger partial charge in [-0.2, -0.15) is 0 Å². The highest BCUT2D eigenvalue weighted by molar-refractivity contribution is 5.89. The summed E-state index contributed by atoms with van der Waals surface area (Å²) in [5.74, 6) is -0.740. The van der Waals surface area contributed by atoms with Gasteiger partial charge in [0.2, 0.25) is 0 Å². The minimum Gasteiger partial charge on any atom is -0.467 e. The fourth-order valence-electron chi connectivity index (χ4n) is 2.52. The van der Waals surface area contributed by atoms with Crippen molar-refractivity contribution in [2.24, 2.45) is 0 Å². The van der Waals surface area contributed by atoms with Crippen molar-refractivity contribution in [3.63, 3.8) is 0 Å². The average Bonchev–Trinajstić information content (AvgIpc) is 3.24. The normalized spacial score (nSPS) is 15.3. The van der Waals surface area contributed by atoms with E-state index in [-0.39, 0.29) is 31.5 Å². The second kappa shape index (κ2) is 11.9. The van der Waals surface area contributed by atoms with Crippen LogP contribution in [0.3, 0.4) is 0 Å². The van der Waals surface area contributed by atoms with Crippen LogP contribution in [0.2, 0.25) is 0 Å². The van der Waals surface area contributed by atoms with Crippen LogP contribution >= 0.6 is 0 Å². The summed E-state index contributed by atoms with van der Waals surface area (Å²) < 4.78 is 20.3. The van der Waals surface area contributed by atoms with E-state index in [1.165, 1.54) is 19.3 Å². The minimum absolute atomic E-state index is 0.0835. The highest BCUT2D eigenvalue weighted by atomic mass is 16.7. The molecule has 0 bridgehead atoms. The van der Waals surface area contributed by atoms with Crippen LogP contribution in [-0.2, 0) is 35.1 Å². The number of allylic oxidation sites excluding steroid dienone is 1. The summed E-state index contributed by atoms with van der Waals surface area (Å²) in [5, 5.41) is 2.45. The predicted molar refractivity (Wildman–Crippen MR) is 99.3 cm³/mol. The molecular weight excluding hydrogens is 366 g/mol. The van der Waals surface area contributed by atoms with E-state index in [1.54, 1.807) is 0 Å². The van der Waals surface area contributed by atoms with Gasteiger partial charge in [-0.25, -0.2) is 9.59 Å². The number of esters is 1. The summed E-state index contributed by atoms with van der Waals surface area (Å²) in [6.07, 6.45) is 2.69. The van der Waals surface area contributed by atoms with E-state index in [4.69, 9.17) is 14.2 Å². The standard InChI is InChI=1S/C20H25NO7/c1-25-19(23)17(21-20(24)28-14-15-6-3-2-4-7-15)9-5-8-16(22)10-11-18-26-12-13-27-18/h2-8,17-18H,9-14H2,1H3,(H,21,24)/b8-5+. The number of hydrogen-bond acceptors (Lipinski definition) is 7. The predicted octanol–water partition coefficient (Wildman–Crippen LogP) is 2.12. The number of nitrogens with one attached hydrogen (secondary N) is 1. The number of benzene rings is 1. The van der Waals surface area contributed by atoms with Gasteiger partial charge in [-0.3, -0.25) is 4.79 Å². The molecule has 1 N–H and O–H groups in total. The van der Waals surface area contributed by atoms with Crippen LogP contribution in [0.5, 0.6) is 0 Å². The summed E-state index contributed by atoms with van der Waals surface area (Å²) >= 11 is 0. The number of hydrogen-bond donors (Lipinski definition) is 1. The first-order valence-corrected chi connectivity index (χ1v) is 9.06. The Morgan fingerprint density at radius 3 is 2.61 bits per heavy atom. The number of amides is 1. The minimum atomic E-state index is -0.946. The lowest BCUT2D eigenvalue weighted by Gasteiger charge is -2.15. The maximum atomic E-state index is 11.9. The topological polar surface area (TPSA) is 100 Å². The number of rotatable bonds is 10. The number of alkyl carbamates (subject to hydrolysis) is 1. The van der Waals surface area contributed by atoms with Crippen LogP contribution in [-0.4, -0.2) is 50.5 Å². The highest BCUT2D eigenvalue weighted by Gasteiger charge is 2.21. The van der Waals surface area contributed by atoms with Gasteiger partial charge in [0.05, 0.1) is 20.3 Å². The lowest BCUT2D eigenvalue weighted by Crippen LogP contribution is -2.41. The fraction of sp³-hybridized carbons (Fsp3) is 0.450. The molecule has 1 aromatic rings. The Labute approximate surface area is 163 Å². The molecule has 1 atom stereocenters. The summed E-state index contributed by atoms with van der Waals surface area (Å²) in [6.45, 7) is 1.17. The van der Waals surface area contributed by atoms with E-state index < -0.39 is 18.1 Å². The fourth-order valence-corrected chi connectivity index (χ4v) is 2.52. The van der Waals surface area contributed by atoms with E-state index in [9.17, 15) is 14.4 Å². The maximum Gasteiger partial charge on any atom is 0.408 e. The number of ketones is 1. The Bertz CT molecular complexity index is 668. The van der Waals surface area contributed by atoms with Crippen molar-refractivity contribution in [2.45, 2.75) is 38.2 Å². The van der Waals surface area contributed by atoms with Crippen molar-refractivity contribution in [2.75, 3.05) is 20.3 Å². The van der Waals surface area contributed by atoms with Crippen molar-refractivity contribution >= 4 is 17.8 Å². The van der Waals surface area contributed by atoms with E-state index in [0.29, 0.717) is 19.6 Å². The Morgan fingerprint density at radius 2 is 1.93 bits per heavy atom. The summed E-state index contributed by atoms with van der Waals surface area (Å²) in [6, 6.07) is 8.22. The summed E-state index contributed by atoms with van der Waals surface area (Å²) in [4.78, 5) is 35.7. The zero-order chi connectivity index (χ0) is 20.2. The number of methoxy groups -OCH3 is 1. The van der Waals surface area contributed by atoms with Gasteiger partial charge in [0.1, 0.15) is 12.6 Å². The molecule has 8 heteroatoms. The zero-order valence-corrected chi connectivity index (χ0v) is 15.8.